The van der Waals surface area contributed by atoms with Crippen LogP contribution in [0.1, 0.15) is 47.7 Å². The lowest BCUT2D eigenvalue weighted by molar-refractivity contribution is 0.0946. The number of benzene rings is 1. The maximum Gasteiger partial charge on any atom is 0.267 e. The summed E-state index contributed by atoms with van der Waals surface area (Å²) in [6, 6.07) is 8.27. The fourth-order valence-corrected chi connectivity index (χ4v) is 2.74. The third-order valence-electron chi connectivity index (χ3n) is 4.24. The zero-order valence-corrected chi connectivity index (χ0v) is 12.8. The van der Waals surface area contributed by atoms with Crippen molar-refractivity contribution >= 4 is 16.8 Å². The number of hydrogen-bond donors (Lipinski definition) is 4. The second kappa shape index (κ2) is 6.50. The second-order valence-electron chi connectivity index (χ2n) is 6.20. The van der Waals surface area contributed by atoms with E-state index in [1.54, 1.807) is 0 Å². The zero-order valence-electron chi connectivity index (χ0n) is 12.8. The number of aromatic amines is 1. The van der Waals surface area contributed by atoms with E-state index in [2.05, 4.69) is 28.5 Å². The van der Waals surface area contributed by atoms with Gasteiger partial charge in [0.15, 0.2) is 0 Å². The maximum atomic E-state index is 12.2. The average molecular weight is 300 g/mol. The standard InChI is InChI=1S/C17H24N4O/c18-7-1-2-14(19)10-20-17(22)16-9-13-6-5-12(11-3-4-11)8-15(13)21-16/h5-6,8-9,11,14,21H,1-4,7,10,18-19H2,(H,20,22)/t14-/m0/s1. The number of fused-ring (bicyclic) bond motifs is 1. The molecule has 1 aliphatic carbocycles. The Morgan fingerprint density at radius 2 is 2.18 bits per heavy atom. The summed E-state index contributed by atoms with van der Waals surface area (Å²) in [5, 5.41) is 3.95. The Labute approximate surface area is 130 Å². The number of hydrogen-bond acceptors (Lipinski definition) is 3. The summed E-state index contributed by atoms with van der Waals surface area (Å²) in [6.07, 6.45) is 4.27. The highest BCUT2D eigenvalue weighted by molar-refractivity contribution is 5.98. The van der Waals surface area contributed by atoms with E-state index >= 15 is 0 Å². The number of H-pyrrole nitrogens is 1. The molecule has 0 radical (unpaired) electrons. The minimum absolute atomic E-state index is 0.0432. The Balaban J connectivity index is 1.63. The average Bonchev–Trinajstić information content (AvgIpc) is 3.29. The molecule has 1 heterocycles. The Bertz CT molecular complexity index is 660. The monoisotopic (exact) mass is 300 g/mol. The van der Waals surface area contributed by atoms with Gasteiger partial charge in [0.05, 0.1) is 0 Å². The summed E-state index contributed by atoms with van der Waals surface area (Å²) in [6.45, 7) is 1.11. The fourth-order valence-electron chi connectivity index (χ4n) is 2.74. The topological polar surface area (TPSA) is 96.9 Å². The van der Waals surface area contributed by atoms with E-state index in [-0.39, 0.29) is 11.9 Å². The van der Waals surface area contributed by atoms with E-state index in [1.807, 2.05) is 6.07 Å². The van der Waals surface area contributed by atoms with Crippen LogP contribution in [0.4, 0.5) is 0 Å². The van der Waals surface area contributed by atoms with Gasteiger partial charge in [-0.05, 0) is 55.8 Å². The van der Waals surface area contributed by atoms with Gasteiger partial charge in [-0.2, -0.15) is 0 Å². The SMILES string of the molecule is NCCC[C@H](N)CNC(=O)c1cc2ccc(C3CC3)cc2[nH]1. The molecular weight excluding hydrogens is 276 g/mol. The van der Waals surface area contributed by atoms with Gasteiger partial charge in [0.2, 0.25) is 0 Å². The summed E-state index contributed by atoms with van der Waals surface area (Å²) < 4.78 is 0. The summed E-state index contributed by atoms with van der Waals surface area (Å²) in [7, 11) is 0. The lowest BCUT2D eigenvalue weighted by atomic mass is 10.1. The largest absolute Gasteiger partial charge is 0.351 e. The molecule has 1 amide bonds. The second-order valence-corrected chi connectivity index (χ2v) is 6.20. The molecule has 5 heteroatoms. The van der Waals surface area contributed by atoms with Crippen LogP contribution >= 0.6 is 0 Å². The van der Waals surface area contributed by atoms with Gasteiger partial charge in [0.25, 0.3) is 5.91 Å². The molecule has 0 aliphatic heterocycles. The van der Waals surface area contributed by atoms with Crippen LogP contribution in [-0.4, -0.2) is 30.0 Å². The smallest absolute Gasteiger partial charge is 0.267 e. The molecule has 1 fully saturated rings. The van der Waals surface area contributed by atoms with Crippen molar-refractivity contribution in [2.24, 2.45) is 11.5 Å². The summed E-state index contributed by atoms with van der Waals surface area (Å²) in [5.74, 6) is 0.609. The number of rotatable bonds is 7. The Morgan fingerprint density at radius 1 is 1.36 bits per heavy atom. The number of amides is 1. The van der Waals surface area contributed by atoms with Crippen LogP contribution < -0.4 is 16.8 Å². The molecule has 0 saturated heterocycles. The highest BCUT2D eigenvalue weighted by atomic mass is 16.1. The van der Waals surface area contributed by atoms with Gasteiger partial charge in [-0.15, -0.1) is 0 Å². The molecule has 1 saturated carbocycles. The van der Waals surface area contributed by atoms with E-state index < -0.39 is 0 Å². The minimum atomic E-state index is -0.104. The number of carbonyl (C=O) groups excluding carboxylic acids is 1. The molecule has 1 aromatic heterocycles. The Morgan fingerprint density at radius 3 is 2.91 bits per heavy atom. The van der Waals surface area contributed by atoms with Crippen molar-refractivity contribution in [3.05, 3.63) is 35.5 Å². The third-order valence-corrected chi connectivity index (χ3v) is 4.24. The van der Waals surface area contributed by atoms with E-state index in [1.165, 1.54) is 18.4 Å². The number of nitrogens with one attached hydrogen (secondary N) is 2. The van der Waals surface area contributed by atoms with Crippen molar-refractivity contribution in [3.8, 4) is 0 Å². The molecule has 6 N–H and O–H groups in total. The first-order valence-corrected chi connectivity index (χ1v) is 8.04. The first-order chi connectivity index (χ1) is 10.7. The van der Waals surface area contributed by atoms with Gasteiger partial charge < -0.3 is 21.8 Å². The maximum absolute atomic E-state index is 12.2. The van der Waals surface area contributed by atoms with Gasteiger partial charge >= 0.3 is 0 Å². The van der Waals surface area contributed by atoms with Crippen molar-refractivity contribution < 1.29 is 4.79 Å². The normalized spacial score (nSPS) is 15.9. The summed E-state index contributed by atoms with van der Waals surface area (Å²) in [5.41, 5.74) is 14.4. The molecule has 1 atom stereocenters. The van der Waals surface area contributed by atoms with Crippen LogP contribution in [0, 0.1) is 0 Å². The van der Waals surface area contributed by atoms with Crippen LogP contribution in [0.15, 0.2) is 24.3 Å². The van der Waals surface area contributed by atoms with Crippen LogP contribution in [-0.2, 0) is 0 Å². The van der Waals surface area contributed by atoms with E-state index in [4.69, 9.17) is 11.5 Å². The molecule has 0 unspecified atom stereocenters. The third kappa shape index (κ3) is 3.48. The fraction of sp³-hybridized carbons (Fsp3) is 0.471. The quantitative estimate of drug-likeness (QED) is 0.628. The van der Waals surface area contributed by atoms with Crippen molar-refractivity contribution in [1.82, 2.24) is 10.3 Å². The van der Waals surface area contributed by atoms with Crippen molar-refractivity contribution in [3.63, 3.8) is 0 Å². The molecule has 2 aromatic rings. The highest BCUT2D eigenvalue weighted by Crippen LogP contribution is 2.40. The lowest BCUT2D eigenvalue weighted by Gasteiger charge is -2.11. The predicted molar refractivity (Wildman–Crippen MR) is 88.9 cm³/mol. The van der Waals surface area contributed by atoms with Crippen LogP contribution in [0.2, 0.25) is 0 Å². The summed E-state index contributed by atoms with van der Waals surface area (Å²) >= 11 is 0. The molecule has 1 aromatic carbocycles. The van der Waals surface area contributed by atoms with Gasteiger partial charge in [-0.25, -0.2) is 0 Å². The first-order valence-electron chi connectivity index (χ1n) is 8.04. The molecule has 5 nitrogen and oxygen atoms in total. The molecule has 1 aliphatic rings. The minimum Gasteiger partial charge on any atom is -0.351 e. The van der Waals surface area contributed by atoms with Crippen LogP contribution in [0.25, 0.3) is 10.9 Å². The van der Waals surface area contributed by atoms with Gasteiger partial charge in [-0.1, -0.05) is 12.1 Å². The summed E-state index contributed by atoms with van der Waals surface area (Å²) in [4.78, 5) is 15.4. The lowest BCUT2D eigenvalue weighted by Crippen LogP contribution is -2.37. The first kappa shape index (κ1) is 15.1. The number of aromatic nitrogens is 1. The van der Waals surface area contributed by atoms with Gasteiger partial charge in [0.1, 0.15) is 5.69 Å². The molecule has 22 heavy (non-hydrogen) atoms. The van der Waals surface area contributed by atoms with Crippen molar-refractivity contribution in [2.45, 2.75) is 37.6 Å². The van der Waals surface area contributed by atoms with Crippen LogP contribution in [0.5, 0.6) is 0 Å². The molecular formula is C17H24N4O. The number of nitrogens with two attached hydrogens (primary N) is 2. The molecule has 0 spiro atoms. The molecule has 0 bridgehead atoms. The van der Waals surface area contributed by atoms with E-state index in [0.717, 1.165) is 23.7 Å². The number of carbonyl (C=O) groups is 1. The Kier molecular flexibility index (Phi) is 4.45. The Hall–Kier alpha value is -1.85. The van der Waals surface area contributed by atoms with E-state index in [9.17, 15) is 4.79 Å². The predicted octanol–water partition coefficient (Wildman–Crippen LogP) is 1.84. The van der Waals surface area contributed by atoms with Crippen molar-refractivity contribution in [2.75, 3.05) is 13.1 Å². The molecule has 3 rings (SSSR count). The molecule has 118 valence electrons. The van der Waals surface area contributed by atoms with E-state index in [0.29, 0.717) is 24.7 Å². The van der Waals surface area contributed by atoms with Gasteiger partial charge in [0, 0.05) is 23.5 Å². The van der Waals surface area contributed by atoms with Crippen LogP contribution in [0.3, 0.4) is 0 Å². The zero-order chi connectivity index (χ0) is 15.5. The van der Waals surface area contributed by atoms with Gasteiger partial charge in [-0.3, -0.25) is 4.79 Å². The van der Waals surface area contributed by atoms with Crippen molar-refractivity contribution in [1.29, 1.82) is 0 Å². The highest BCUT2D eigenvalue weighted by Gasteiger charge is 2.23.